The molecule has 1 aliphatic rings. The first-order valence-corrected chi connectivity index (χ1v) is 8.39. The highest BCUT2D eigenvalue weighted by molar-refractivity contribution is 5.92. The van der Waals surface area contributed by atoms with Gasteiger partial charge in [-0.1, -0.05) is 42.5 Å². The number of nitrogens with zero attached hydrogens (tertiary/aromatic N) is 2. The molecule has 5 nitrogen and oxygen atoms in total. The van der Waals surface area contributed by atoms with E-state index in [4.69, 9.17) is 10.5 Å². The van der Waals surface area contributed by atoms with Crippen molar-refractivity contribution < 1.29 is 4.74 Å². The van der Waals surface area contributed by atoms with Crippen molar-refractivity contribution in [1.82, 2.24) is 0 Å². The molecule has 0 bridgehead atoms. The first-order valence-electron chi connectivity index (χ1n) is 8.39. The Hall–Kier alpha value is -2.79. The third-order valence-corrected chi connectivity index (χ3v) is 4.13. The fourth-order valence-electron chi connectivity index (χ4n) is 2.78. The third-order valence-electron chi connectivity index (χ3n) is 4.13. The van der Waals surface area contributed by atoms with Crippen LogP contribution in [0.4, 0.5) is 11.4 Å². The van der Waals surface area contributed by atoms with Crippen LogP contribution in [0.25, 0.3) is 0 Å². The number of aliphatic imine (C=N–C) groups is 1. The van der Waals surface area contributed by atoms with Crippen molar-refractivity contribution in [3.8, 4) is 0 Å². The summed E-state index contributed by atoms with van der Waals surface area (Å²) in [4.78, 5) is 6.75. The van der Waals surface area contributed by atoms with Crippen molar-refractivity contribution in [2.45, 2.75) is 13.2 Å². The average Bonchev–Trinajstić information content (AvgIpc) is 3.17. The summed E-state index contributed by atoms with van der Waals surface area (Å²) in [5, 5.41) is 3.15. The van der Waals surface area contributed by atoms with Gasteiger partial charge in [-0.05, 0) is 23.8 Å². The van der Waals surface area contributed by atoms with Crippen LogP contribution in [0.1, 0.15) is 11.1 Å². The van der Waals surface area contributed by atoms with E-state index in [0.29, 0.717) is 19.1 Å². The smallest absolute Gasteiger partial charge is 0.193 e. The van der Waals surface area contributed by atoms with E-state index in [-0.39, 0.29) is 0 Å². The number of ether oxygens (including phenoxy) is 1. The van der Waals surface area contributed by atoms with Gasteiger partial charge < -0.3 is 20.7 Å². The maximum Gasteiger partial charge on any atom is 0.193 e. The summed E-state index contributed by atoms with van der Waals surface area (Å²) in [5.41, 5.74) is 10.4. The molecule has 0 unspecified atom stereocenters. The van der Waals surface area contributed by atoms with Crippen LogP contribution in [-0.4, -0.2) is 26.2 Å². The van der Waals surface area contributed by atoms with E-state index in [1.54, 1.807) is 7.11 Å². The quantitative estimate of drug-likeness (QED) is 0.483. The molecule has 0 saturated carbocycles. The average molecular weight is 336 g/mol. The Morgan fingerprint density at radius 3 is 2.56 bits per heavy atom. The number of nitrogens with one attached hydrogen (secondary N) is 1. The molecule has 5 heteroatoms. The fourth-order valence-corrected chi connectivity index (χ4v) is 2.78. The second kappa shape index (κ2) is 8.35. The van der Waals surface area contributed by atoms with E-state index in [1.165, 1.54) is 5.69 Å². The molecule has 130 valence electrons. The molecule has 0 spiro atoms. The normalized spacial score (nSPS) is 14.1. The van der Waals surface area contributed by atoms with Gasteiger partial charge >= 0.3 is 0 Å². The molecule has 2 aromatic carbocycles. The van der Waals surface area contributed by atoms with Crippen molar-refractivity contribution in [2.24, 2.45) is 10.7 Å². The number of hydrogen-bond acceptors (Lipinski definition) is 3. The summed E-state index contributed by atoms with van der Waals surface area (Å²) >= 11 is 0. The molecule has 0 amide bonds. The molecule has 25 heavy (non-hydrogen) atoms. The lowest BCUT2D eigenvalue weighted by molar-refractivity contribution is 0.185. The van der Waals surface area contributed by atoms with Crippen molar-refractivity contribution in [3.63, 3.8) is 0 Å². The summed E-state index contributed by atoms with van der Waals surface area (Å²) in [6.07, 6.45) is 4.37. The lowest BCUT2D eigenvalue weighted by atomic mass is 10.2. The summed E-state index contributed by atoms with van der Waals surface area (Å²) in [6.45, 7) is 3.04. The van der Waals surface area contributed by atoms with Gasteiger partial charge in [-0.25, -0.2) is 4.99 Å². The van der Waals surface area contributed by atoms with Gasteiger partial charge in [-0.3, -0.25) is 0 Å². The Morgan fingerprint density at radius 2 is 1.84 bits per heavy atom. The fraction of sp³-hybridized carbons (Fsp3) is 0.250. The number of rotatable bonds is 6. The van der Waals surface area contributed by atoms with Crippen LogP contribution in [0.3, 0.4) is 0 Å². The second-order valence-electron chi connectivity index (χ2n) is 5.96. The Balaban J connectivity index is 1.59. The first-order chi connectivity index (χ1) is 12.3. The van der Waals surface area contributed by atoms with Crippen LogP contribution in [0, 0.1) is 0 Å². The van der Waals surface area contributed by atoms with Crippen LogP contribution < -0.4 is 16.0 Å². The van der Waals surface area contributed by atoms with Gasteiger partial charge in [0.05, 0.1) is 13.2 Å². The van der Waals surface area contributed by atoms with E-state index in [9.17, 15) is 0 Å². The lowest BCUT2D eigenvalue weighted by Gasteiger charge is -2.17. The standard InChI is InChI=1S/C20H24N4O/c1-25-15-17-6-2-3-7-19(17)23-20(21)22-14-16-8-10-18(11-9-16)24-12-4-5-13-24/h2-11H,12-15H2,1H3,(H3,21,22,23). The highest BCUT2D eigenvalue weighted by atomic mass is 16.5. The lowest BCUT2D eigenvalue weighted by Crippen LogP contribution is -2.23. The predicted molar refractivity (Wildman–Crippen MR) is 104 cm³/mol. The Bertz CT molecular complexity index is 745. The molecule has 0 radical (unpaired) electrons. The summed E-state index contributed by atoms with van der Waals surface area (Å²) in [5.74, 6) is 0.399. The largest absolute Gasteiger partial charge is 0.380 e. The summed E-state index contributed by atoms with van der Waals surface area (Å²) < 4.78 is 5.20. The maximum absolute atomic E-state index is 6.03. The monoisotopic (exact) mass is 336 g/mol. The van der Waals surface area contributed by atoms with Gasteiger partial charge in [0, 0.05) is 37.1 Å². The minimum Gasteiger partial charge on any atom is -0.380 e. The third kappa shape index (κ3) is 4.61. The topological polar surface area (TPSA) is 62.9 Å². The van der Waals surface area contributed by atoms with Crippen LogP contribution in [0.2, 0.25) is 0 Å². The van der Waals surface area contributed by atoms with Crippen molar-refractivity contribution in [3.05, 3.63) is 71.8 Å². The molecule has 0 aromatic heterocycles. The molecule has 1 heterocycles. The number of anilines is 2. The maximum atomic E-state index is 6.03. The van der Waals surface area contributed by atoms with Gasteiger partial charge in [-0.15, -0.1) is 0 Å². The number of hydrogen-bond donors (Lipinski definition) is 2. The molecule has 3 rings (SSSR count). The van der Waals surface area contributed by atoms with Crippen LogP contribution in [-0.2, 0) is 17.9 Å². The highest BCUT2D eigenvalue weighted by Crippen LogP contribution is 2.18. The highest BCUT2D eigenvalue weighted by Gasteiger charge is 2.07. The minimum atomic E-state index is 0.399. The molecule has 0 saturated heterocycles. The van der Waals surface area contributed by atoms with E-state index >= 15 is 0 Å². The zero-order chi connectivity index (χ0) is 17.5. The van der Waals surface area contributed by atoms with Gasteiger partial charge in [-0.2, -0.15) is 0 Å². The van der Waals surface area contributed by atoms with Crippen LogP contribution in [0.5, 0.6) is 0 Å². The zero-order valence-corrected chi connectivity index (χ0v) is 14.5. The van der Waals surface area contributed by atoms with Crippen molar-refractivity contribution in [2.75, 3.05) is 30.4 Å². The molecule has 3 N–H and O–H groups in total. The number of methoxy groups -OCH3 is 1. The van der Waals surface area contributed by atoms with E-state index in [2.05, 4.69) is 51.6 Å². The number of nitrogens with two attached hydrogens (primary N) is 1. The number of para-hydroxylation sites is 1. The molecule has 0 aliphatic carbocycles. The molecule has 0 fully saturated rings. The second-order valence-corrected chi connectivity index (χ2v) is 5.96. The van der Waals surface area contributed by atoms with E-state index in [0.717, 1.165) is 29.9 Å². The van der Waals surface area contributed by atoms with Gasteiger partial charge in [0.1, 0.15) is 0 Å². The summed E-state index contributed by atoms with van der Waals surface area (Å²) in [6, 6.07) is 16.4. The molecular formula is C20H24N4O. The van der Waals surface area contributed by atoms with Gasteiger partial charge in [0.2, 0.25) is 0 Å². The number of benzene rings is 2. The number of guanidine groups is 1. The Morgan fingerprint density at radius 1 is 1.12 bits per heavy atom. The van der Waals surface area contributed by atoms with Crippen LogP contribution in [0.15, 0.2) is 65.7 Å². The van der Waals surface area contributed by atoms with Crippen LogP contribution >= 0.6 is 0 Å². The van der Waals surface area contributed by atoms with Crippen molar-refractivity contribution >= 4 is 17.3 Å². The molecule has 1 aliphatic heterocycles. The van der Waals surface area contributed by atoms with Gasteiger partial charge in [0.15, 0.2) is 5.96 Å². The Labute approximate surface area is 148 Å². The molecule has 0 atom stereocenters. The van der Waals surface area contributed by atoms with E-state index in [1.807, 2.05) is 24.3 Å². The Kier molecular flexibility index (Phi) is 5.69. The van der Waals surface area contributed by atoms with Crippen molar-refractivity contribution in [1.29, 1.82) is 0 Å². The summed E-state index contributed by atoms with van der Waals surface area (Å²) in [7, 11) is 1.68. The minimum absolute atomic E-state index is 0.399. The zero-order valence-electron chi connectivity index (χ0n) is 14.5. The molecular weight excluding hydrogens is 312 g/mol. The SMILES string of the molecule is COCc1ccccc1NC(N)=NCc1ccc(N2CC=CC2)cc1. The predicted octanol–water partition coefficient (Wildman–Crippen LogP) is 3.14. The van der Waals surface area contributed by atoms with Gasteiger partial charge in [0.25, 0.3) is 0 Å². The first kappa shape index (κ1) is 17.0. The molecule has 2 aromatic rings. The van der Waals surface area contributed by atoms with E-state index < -0.39 is 0 Å².